The molecule has 0 radical (unpaired) electrons. The molecule has 0 atom stereocenters. The molecule has 31 heavy (non-hydrogen) atoms. The summed E-state index contributed by atoms with van der Waals surface area (Å²) in [7, 11) is 0. The molecule has 0 aliphatic heterocycles. The van der Waals surface area contributed by atoms with Gasteiger partial charge in [-0.05, 0) is 39.7 Å². The van der Waals surface area contributed by atoms with Gasteiger partial charge >= 0.3 is 0 Å². The number of unbranched alkanes of at least 4 members (excludes halogenated alkanes) is 14. The Hall–Kier alpha value is -0.530. The maximum absolute atomic E-state index is 3.90. The molecule has 0 aromatic heterocycles. The van der Waals surface area contributed by atoms with Crippen molar-refractivity contribution in [3.63, 3.8) is 0 Å². The lowest BCUT2D eigenvalue weighted by Gasteiger charge is -2.38. The molecule has 1 N–H and O–H groups in total. The van der Waals surface area contributed by atoms with Gasteiger partial charge in [-0.3, -0.25) is 0 Å². The van der Waals surface area contributed by atoms with Gasteiger partial charge in [-0.1, -0.05) is 134 Å². The van der Waals surface area contributed by atoms with Crippen LogP contribution in [0.2, 0.25) is 0 Å². The van der Waals surface area contributed by atoms with E-state index < -0.39 is 0 Å². The van der Waals surface area contributed by atoms with E-state index >= 15 is 0 Å². The van der Waals surface area contributed by atoms with E-state index in [0.717, 1.165) is 0 Å². The van der Waals surface area contributed by atoms with Crippen LogP contribution in [-0.4, -0.2) is 5.54 Å². The molecule has 0 aliphatic rings. The number of benzene rings is 1. The number of rotatable bonds is 19. The fourth-order valence-electron chi connectivity index (χ4n) is 4.77. The van der Waals surface area contributed by atoms with Gasteiger partial charge in [0.05, 0.1) is 0 Å². The van der Waals surface area contributed by atoms with Gasteiger partial charge in [0.25, 0.3) is 0 Å². The van der Waals surface area contributed by atoms with E-state index in [9.17, 15) is 0 Å². The zero-order chi connectivity index (χ0) is 22.1. The zero-order valence-electron chi connectivity index (χ0n) is 21.6. The third-order valence-corrected chi connectivity index (χ3v) is 6.55. The summed E-state index contributed by atoms with van der Waals surface area (Å²) in [5.41, 5.74) is 1.56. The van der Waals surface area contributed by atoms with Crippen molar-refractivity contribution in [2.75, 3.05) is 0 Å². The van der Waals surface area contributed by atoms with Crippen LogP contribution in [0.5, 0.6) is 0 Å². The van der Waals surface area contributed by atoms with E-state index in [1.165, 1.54) is 108 Å². The normalized spacial score (nSPS) is 12.0. The summed E-state index contributed by atoms with van der Waals surface area (Å²) in [6, 6.07) is 10.8. The number of halogens is 1. The van der Waals surface area contributed by atoms with Gasteiger partial charge in [-0.15, -0.1) is 12.4 Å². The second-order valence-corrected chi connectivity index (χ2v) is 10.7. The third-order valence-electron chi connectivity index (χ3n) is 6.55. The molecule has 0 heterocycles. The van der Waals surface area contributed by atoms with Gasteiger partial charge in [0, 0.05) is 11.1 Å². The van der Waals surface area contributed by atoms with Gasteiger partial charge < -0.3 is 5.32 Å². The number of hydrogen-bond donors (Lipinski definition) is 1. The van der Waals surface area contributed by atoms with Crippen LogP contribution in [0.15, 0.2) is 30.3 Å². The summed E-state index contributed by atoms with van der Waals surface area (Å²) in [5.74, 6) is 0. The monoisotopic (exact) mass is 451 g/mol. The van der Waals surface area contributed by atoms with Crippen LogP contribution < -0.4 is 5.32 Å². The Morgan fingerprint density at radius 3 is 1.39 bits per heavy atom. The van der Waals surface area contributed by atoms with Crippen molar-refractivity contribution in [1.29, 1.82) is 0 Å². The third kappa shape index (κ3) is 15.8. The quantitative estimate of drug-likeness (QED) is 0.206. The highest BCUT2D eigenvalue weighted by atomic mass is 35.5. The summed E-state index contributed by atoms with van der Waals surface area (Å²) in [4.78, 5) is 0. The Balaban J connectivity index is 0.00000900. The summed E-state index contributed by atoms with van der Waals surface area (Å²) in [5, 5.41) is 3.90. The first-order valence-electron chi connectivity index (χ1n) is 13.2. The van der Waals surface area contributed by atoms with Crippen molar-refractivity contribution in [2.45, 2.75) is 148 Å². The van der Waals surface area contributed by atoms with Crippen LogP contribution >= 0.6 is 12.4 Å². The summed E-state index contributed by atoms with van der Waals surface area (Å²) < 4.78 is 0. The first-order valence-corrected chi connectivity index (χ1v) is 13.2. The molecule has 0 amide bonds. The van der Waals surface area contributed by atoms with Gasteiger partial charge in [-0.2, -0.15) is 0 Å². The highest BCUT2D eigenvalue weighted by Crippen LogP contribution is 2.26. The molecule has 1 aromatic carbocycles. The molecule has 1 aromatic rings. The highest BCUT2D eigenvalue weighted by Gasteiger charge is 2.28. The molecule has 0 aliphatic carbocycles. The number of nitrogens with one attached hydrogen (secondary N) is 1. The lowest BCUT2D eigenvalue weighted by molar-refractivity contribution is 0.248. The van der Waals surface area contributed by atoms with E-state index in [-0.39, 0.29) is 23.5 Å². The highest BCUT2D eigenvalue weighted by molar-refractivity contribution is 5.85. The minimum absolute atomic E-state index is 0. The van der Waals surface area contributed by atoms with Crippen LogP contribution in [0.3, 0.4) is 0 Å². The Morgan fingerprint density at radius 1 is 0.581 bits per heavy atom. The Labute approximate surface area is 202 Å². The van der Waals surface area contributed by atoms with E-state index in [1.54, 1.807) is 0 Å². The standard InChI is InChI=1S/C29H53N.ClH/c1-6-7-8-9-10-11-12-13-14-15-16-17-18-19-23-26-28(2,3)30-29(4,5)27-24-21-20-22-25-27;/h20-22,24-25,30H,6-19,23,26H2,1-5H3;1H. The first kappa shape index (κ1) is 30.5. The predicted molar refractivity (Wildman–Crippen MR) is 143 cm³/mol. The Bertz CT molecular complexity index is 509. The molecular weight excluding hydrogens is 398 g/mol. The molecule has 0 bridgehead atoms. The van der Waals surface area contributed by atoms with Crippen LogP contribution in [0.4, 0.5) is 0 Å². The molecule has 0 saturated heterocycles. The Kier molecular flexibility index (Phi) is 17.7. The molecule has 0 unspecified atom stereocenters. The minimum atomic E-state index is 0. The molecule has 182 valence electrons. The van der Waals surface area contributed by atoms with Crippen LogP contribution in [-0.2, 0) is 5.54 Å². The maximum atomic E-state index is 3.90. The van der Waals surface area contributed by atoms with Crippen molar-refractivity contribution >= 4 is 12.4 Å². The Morgan fingerprint density at radius 2 is 0.968 bits per heavy atom. The van der Waals surface area contributed by atoms with Gasteiger partial charge in [0.2, 0.25) is 0 Å². The van der Waals surface area contributed by atoms with Gasteiger partial charge in [0.15, 0.2) is 0 Å². The van der Waals surface area contributed by atoms with E-state index in [0.29, 0.717) is 0 Å². The van der Waals surface area contributed by atoms with E-state index in [2.05, 4.69) is 70.3 Å². The van der Waals surface area contributed by atoms with Crippen molar-refractivity contribution in [3.8, 4) is 0 Å². The lowest BCUT2D eigenvalue weighted by Crippen LogP contribution is -2.50. The second kappa shape index (κ2) is 18.0. The van der Waals surface area contributed by atoms with Crippen LogP contribution in [0.1, 0.15) is 143 Å². The smallest absolute Gasteiger partial charge is 0.0381 e. The zero-order valence-corrected chi connectivity index (χ0v) is 22.4. The van der Waals surface area contributed by atoms with Crippen molar-refractivity contribution in [2.24, 2.45) is 0 Å². The predicted octanol–water partition coefficient (Wildman–Crippen LogP) is 9.97. The average Bonchev–Trinajstić information content (AvgIpc) is 2.71. The maximum Gasteiger partial charge on any atom is 0.0381 e. The van der Waals surface area contributed by atoms with Crippen LogP contribution in [0.25, 0.3) is 0 Å². The van der Waals surface area contributed by atoms with Crippen molar-refractivity contribution < 1.29 is 0 Å². The van der Waals surface area contributed by atoms with Crippen molar-refractivity contribution in [1.82, 2.24) is 5.32 Å². The van der Waals surface area contributed by atoms with Crippen molar-refractivity contribution in [3.05, 3.63) is 35.9 Å². The average molecular weight is 452 g/mol. The minimum Gasteiger partial charge on any atom is -0.303 e. The topological polar surface area (TPSA) is 12.0 Å². The molecular formula is C29H54ClN. The molecule has 1 nitrogen and oxygen atoms in total. The molecule has 2 heteroatoms. The summed E-state index contributed by atoms with van der Waals surface area (Å²) in [6.07, 6.45) is 22.7. The summed E-state index contributed by atoms with van der Waals surface area (Å²) in [6.45, 7) is 11.6. The lowest BCUT2D eigenvalue weighted by atomic mass is 9.88. The van der Waals surface area contributed by atoms with Gasteiger partial charge in [-0.25, -0.2) is 0 Å². The second-order valence-electron chi connectivity index (χ2n) is 10.7. The molecule has 0 saturated carbocycles. The fourth-order valence-corrected chi connectivity index (χ4v) is 4.77. The van der Waals surface area contributed by atoms with Gasteiger partial charge in [0.1, 0.15) is 0 Å². The van der Waals surface area contributed by atoms with Crippen LogP contribution in [0, 0.1) is 0 Å². The molecule has 1 rings (SSSR count). The molecule has 0 fully saturated rings. The van der Waals surface area contributed by atoms with E-state index in [4.69, 9.17) is 0 Å². The molecule has 0 spiro atoms. The SMILES string of the molecule is CCCCCCCCCCCCCCCCCC(C)(C)NC(C)(C)c1ccccc1.Cl. The summed E-state index contributed by atoms with van der Waals surface area (Å²) >= 11 is 0. The first-order chi connectivity index (χ1) is 14.4. The largest absolute Gasteiger partial charge is 0.303 e. The number of hydrogen-bond acceptors (Lipinski definition) is 1. The fraction of sp³-hybridized carbons (Fsp3) is 0.793. The van der Waals surface area contributed by atoms with E-state index in [1.807, 2.05) is 0 Å².